The van der Waals surface area contributed by atoms with Gasteiger partial charge in [-0.25, -0.2) is 0 Å². The lowest BCUT2D eigenvalue weighted by molar-refractivity contribution is 0.0952. The van der Waals surface area contributed by atoms with Gasteiger partial charge in [0.2, 0.25) is 0 Å². The summed E-state index contributed by atoms with van der Waals surface area (Å²) in [5.74, 6) is 0.867. The van der Waals surface area contributed by atoms with E-state index in [1.54, 1.807) is 0 Å². The van der Waals surface area contributed by atoms with E-state index in [0.29, 0.717) is 12.1 Å². The first kappa shape index (κ1) is 11.1. The Kier molecular flexibility index (Phi) is 3.57. The van der Waals surface area contributed by atoms with Crippen molar-refractivity contribution in [3.05, 3.63) is 35.4 Å². The Balaban J connectivity index is 1.86. The zero-order chi connectivity index (χ0) is 11.4. The summed E-state index contributed by atoms with van der Waals surface area (Å²) in [6, 6.07) is 7.48. The highest BCUT2D eigenvalue weighted by Crippen LogP contribution is 2.31. The molecule has 0 spiro atoms. The van der Waals surface area contributed by atoms with Gasteiger partial charge >= 0.3 is 0 Å². The molecule has 0 unspecified atom stereocenters. The van der Waals surface area contributed by atoms with E-state index in [-0.39, 0.29) is 5.91 Å². The SMILES string of the molecule is NCc1cccc(C(=O)NCCC2CC2)c1. The van der Waals surface area contributed by atoms with Gasteiger partial charge in [0.25, 0.3) is 5.91 Å². The fourth-order valence-electron chi connectivity index (χ4n) is 1.74. The van der Waals surface area contributed by atoms with Crippen LogP contribution in [0.15, 0.2) is 24.3 Å². The van der Waals surface area contributed by atoms with Crippen LogP contribution in [-0.4, -0.2) is 12.5 Å². The summed E-state index contributed by atoms with van der Waals surface area (Å²) in [6.07, 6.45) is 3.78. The molecular weight excluding hydrogens is 200 g/mol. The third-order valence-corrected chi connectivity index (χ3v) is 2.96. The zero-order valence-corrected chi connectivity index (χ0v) is 9.41. The summed E-state index contributed by atoms with van der Waals surface area (Å²) in [6.45, 7) is 1.26. The third kappa shape index (κ3) is 3.07. The monoisotopic (exact) mass is 218 g/mol. The molecule has 1 aliphatic carbocycles. The standard InChI is InChI=1S/C13H18N2O/c14-9-11-2-1-3-12(8-11)13(16)15-7-6-10-4-5-10/h1-3,8,10H,4-7,9,14H2,(H,15,16). The number of carbonyl (C=O) groups is 1. The maximum Gasteiger partial charge on any atom is 0.251 e. The van der Waals surface area contributed by atoms with Gasteiger partial charge in [-0.1, -0.05) is 25.0 Å². The van der Waals surface area contributed by atoms with Gasteiger partial charge in [-0.2, -0.15) is 0 Å². The summed E-state index contributed by atoms with van der Waals surface area (Å²) in [4.78, 5) is 11.8. The molecule has 3 N–H and O–H groups in total. The molecule has 1 saturated carbocycles. The Hall–Kier alpha value is -1.35. The lowest BCUT2D eigenvalue weighted by Crippen LogP contribution is -2.24. The van der Waals surface area contributed by atoms with Gasteiger partial charge in [0.05, 0.1) is 0 Å². The van der Waals surface area contributed by atoms with Crippen LogP contribution in [0.4, 0.5) is 0 Å². The molecule has 0 heterocycles. The fourth-order valence-corrected chi connectivity index (χ4v) is 1.74. The van der Waals surface area contributed by atoms with E-state index < -0.39 is 0 Å². The lowest BCUT2D eigenvalue weighted by atomic mass is 10.1. The molecule has 3 heteroatoms. The van der Waals surface area contributed by atoms with Crippen LogP contribution in [0, 0.1) is 5.92 Å². The molecule has 0 radical (unpaired) electrons. The van der Waals surface area contributed by atoms with Crippen molar-refractivity contribution < 1.29 is 4.79 Å². The van der Waals surface area contributed by atoms with Crippen molar-refractivity contribution >= 4 is 5.91 Å². The number of amides is 1. The zero-order valence-electron chi connectivity index (χ0n) is 9.41. The Morgan fingerprint density at radius 3 is 2.94 bits per heavy atom. The minimum absolute atomic E-state index is 0.0101. The Labute approximate surface area is 96.0 Å². The molecule has 1 amide bonds. The van der Waals surface area contributed by atoms with Crippen LogP contribution >= 0.6 is 0 Å². The third-order valence-electron chi connectivity index (χ3n) is 2.96. The molecule has 1 fully saturated rings. The summed E-state index contributed by atoms with van der Waals surface area (Å²) in [5, 5.41) is 2.94. The molecule has 0 bridgehead atoms. The second-order valence-electron chi connectivity index (χ2n) is 4.39. The van der Waals surface area contributed by atoms with E-state index in [0.717, 1.165) is 24.4 Å². The average Bonchev–Trinajstić information content (AvgIpc) is 3.13. The number of nitrogens with two attached hydrogens (primary N) is 1. The number of carbonyl (C=O) groups excluding carboxylic acids is 1. The highest BCUT2D eigenvalue weighted by Gasteiger charge is 2.20. The average molecular weight is 218 g/mol. The second-order valence-corrected chi connectivity index (χ2v) is 4.39. The first-order valence-corrected chi connectivity index (χ1v) is 5.87. The summed E-state index contributed by atoms with van der Waals surface area (Å²) in [7, 11) is 0. The highest BCUT2D eigenvalue weighted by atomic mass is 16.1. The van der Waals surface area contributed by atoms with E-state index in [2.05, 4.69) is 5.32 Å². The molecule has 0 saturated heterocycles. The van der Waals surface area contributed by atoms with E-state index >= 15 is 0 Å². The van der Waals surface area contributed by atoms with E-state index in [1.165, 1.54) is 12.8 Å². The van der Waals surface area contributed by atoms with Gasteiger partial charge in [0.1, 0.15) is 0 Å². The molecule has 2 rings (SSSR count). The van der Waals surface area contributed by atoms with Gasteiger partial charge in [0.15, 0.2) is 0 Å². The van der Waals surface area contributed by atoms with Gasteiger partial charge in [-0.05, 0) is 30.0 Å². The number of hydrogen-bond acceptors (Lipinski definition) is 2. The number of nitrogens with one attached hydrogen (secondary N) is 1. The van der Waals surface area contributed by atoms with E-state index in [1.807, 2.05) is 24.3 Å². The van der Waals surface area contributed by atoms with Gasteiger partial charge in [0, 0.05) is 18.7 Å². The Morgan fingerprint density at radius 2 is 2.25 bits per heavy atom. The summed E-state index contributed by atoms with van der Waals surface area (Å²) in [5.41, 5.74) is 7.24. The van der Waals surface area contributed by atoms with Crippen molar-refractivity contribution in [3.8, 4) is 0 Å². The van der Waals surface area contributed by atoms with Crippen molar-refractivity contribution in [2.75, 3.05) is 6.54 Å². The van der Waals surface area contributed by atoms with Crippen LogP contribution < -0.4 is 11.1 Å². The largest absolute Gasteiger partial charge is 0.352 e. The fraction of sp³-hybridized carbons (Fsp3) is 0.462. The number of hydrogen-bond donors (Lipinski definition) is 2. The second kappa shape index (κ2) is 5.12. The molecule has 3 nitrogen and oxygen atoms in total. The number of rotatable bonds is 5. The molecule has 1 aromatic carbocycles. The van der Waals surface area contributed by atoms with Gasteiger partial charge < -0.3 is 11.1 Å². The minimum atomic E-state index is 0.0101. The Morgan fingerprint density at radius 1 is 1.44 bits per heavy atom. The minimum Gasteiger partial charge on any atom is -0.352 e. The predicted molar refractivity (Wildman–Crippen MR) is 64.0 cm³/mol. The molecule has 1 aromatic rings. The molecule has 16 heavy (non-hydrogen) atoms. The first-order chi connectivity index (χ1) is 7.79. The van der Waals surface area contributed by atoms with Crippen LogP contribution in [0.3, 0.4) is 0 Å². The van der Waals surface area contributed by atoms with Crippen LogP contribution in [0.2, 0.25) is 0 Å². The maximum absolute atomic E-state index is 11.8. The van der Waals surface area contributed by atoms with Crippen molar-refractivity contribution in [1.29, 1.82) is 0 Å². The summed E-state index contributed by atoms with van der Waals surface area (Å²) >= 11 is 0. The maximum atomic E-state index is 11.8. The molecular formula is C13H18N2O. The molecule has 1 aliphatic rings. The normalized spacial score (nSPS) is 14.8. The molecule has 0 atom stereocenters. The van der Waals surface area contributed by atoms with E-state index in [4.69, 9.17) is 5.73 Å². The van der Waals surface area contributed by atoms with Crippen LogP contribution in [0.25, 0.3) is 0 Å². The van der Waals surface area contributed by atoms with Crippen molar-refractivity contribution in [2.45, 2.75) is 25.8 Å². The van der Waals surface area contributed by atoms with Gasteiger partial charge in [-0.15, -0.1) is 0 Å². The van der Waals surface area contributed by atoms with Crippen molar-refractivity contribution in [2.24, 2.45) is 11.7 Å². The van der Waals surface area contributed by atoms with E-state index in [9.17, 15) is 4.79 Å². The Bertz CT molecular complexity index is 372. The first-order valence-electron chi connectivity index (χ1n) is 5.87. The van der Waals surface area contributed by atoms with Crippen molar-refractivity contribution in [1.82, 2.24) is 5.32 Å². The summed E-state index contributed by atoms with van der Waals surface area (Å²) < 4.78 is 0. The topological polar surface area (TPSA) is 55.1 Å². The highest BCUT2D eigenvalue weighted by molar-refractivity contribution is 5.94. The smallest absolute Gasteiger partial charge is 0.251 e. The van der Waals surface area contributed by atoms with Crippen molar-refractivity contribution in [3.63, 3.8) is 0 Å². The quantitative estimate of drug-likeness (QED) is 0.790. The van der Waals surface area contributed by atoms with Crippen LogP contribution in [0.5, 0.6) is 0 Å². The van der Waals surface area contributed by atoms with Gasteiger partial charge in [-0.3, -0.25) is 4.79 Å². The molecule has 86 valence electrons. The predicted octanol–water partition coefficient (Wildman–Crippen LogP) is 1.68. The molecule has 0 aliphatic heterocycles. The van der Waals surface area contributed by atoms with Crippen LogP contribution in [-0.2, 0) is 6.54 Å². The molecule has 0 aromatic heterocycles. The van der Waals surface area contributed by atoms with Crippen LogP contribution in [0.1, 0.15) is 35.2 Å². The number of benzene rings is 1. The lowest BCUT2D eigenvalue weighted by Gasteiger charge is -2.05.